The molecule has 0 fully saturated rings. The number of para-hydroxylation sites is 1. The van der Waals surface area contributed by atoms with E-state index < -0.39 is 5.95 Å². The molecule has 1 heterocycles. The van der Waals surface area contributed by atoms with Crippen molar-refractivity contribution in [3.8, 4) is 22.9 Å². The highest BCUT2D eigenvalue weighted by atomic mass is 35.5. The standard InChI is InChI=1S/C14H9ClN2O2/c15-11-8-6-10(7-9-11)13-14(18)19-16-17(13)12-4-2-1-3-5-12/h1-9H. The van der Waals surface area contributed by atoms with Gasteiger partial charge in [-0.2, -0.15) is 0 Å². The van der Waals surface area contributed by atoms with E-state index in [9.17, 15) is 5.11 Å². The molecule has 0 aliphatic carbocycles. The average Bonchev–Trinajstić information content (AvgIpc) is 2.83. The van der Waals surface area contributed by atoms with E-state index in [2.05, 4.69) is 5.27 Å². The van der Waals surface area contributed by atoms with Crippen LogP contribution in [0.4, 0.5) is 0 Å². The third kappa shape index (κ3) is 2.18. The number of hydrogen-bond donors (Lipinski definition) is 0. The van der Waals surface area contributed by atoms with E-state index in [0.717, 1.165) is 5.69 Å². The fourth-order valence-electron chi connectivity index (χ4n) is 1.84. The summed E-state index contributed by atoms with van der Waals surface area (Å²) >= 11 is 5.85. The van der Waals surface area contributed by atoms with E-state index in [0.29, 0.717) is 16.3 Å². The van der Waals surface area contributed by atoms with Gasteiger partial charge in [-0.1, -0.05) is 29.8 Å². The number of halogens is 1. The Morgan fingerprint density at radius 2 is 1.68 bits per heavy atom. The predicted octanol–water partition coefficient (Wildman–Crippen LogP) is 2.35. The van der Waals surface area contributed by atoms with Crippen LogP contribution in [-0.2, 0) is 0 Å². The predicted molar refractivity (Wildman–Crippen MR) is 67.9 cm³/mol. The Bertz CT molecular complexity index is 693. The normalized spacial score (nSPS) is 10.6. The van der Waals surface area contributed by atoms with Crippen LogP contribution in [0.25, 0.3) is 16.9 Å². The smallest absolute Gasteiger partial charge is 0.270 e. The lowest BCUT2D eigenvalue weighted by molar-refractivity contribution is -0.660. The summed E-state index contributed by atoms with van der Waals surface area (Å²) < 4.78 is 6.24. The quantitative estimate of drug-likeness (QED) is 0.673. The molecule has 19 heavy (non-hydrogen) atoms. The molecule has 2 aromatic carbocycles. The highest BCUT2D eigenvalue weighted by Gasteiger charge is 2.21. The topological polar surface area (TPSA) is 53.0 Å². The molecule has 0 atom stereocenters. The Morgan fingerprint density at radius 1 is 1.00 bits per heavy atom. The zero-order chi connectivity index (χ0) is 13.2. The van der Waals surface area contributed by atoms with Gasteiger partial charge in [0.1, 0.15) is 0 Å². The first-order valence-electron chi connectivity index (χ1n) is 5.66. The highest BCUT2D eigenvalue weighted by molar-refractivity contribution is 6.30. The van der Waals surface area contributed by atoms with Crippen molar-refractivity contribution in [3.63, 3.8) is 0 Å². The molecular weight excluding hydrogens is 264 g/mol. The van der Waals surface area contributed by atoms with Gasteiger partial charge in [-0.25, -0.2) is 0 Å². The molecule has 0 radical (unpaired) electrons. The van der Waals surface area contributed by atoms with Gasteiger partial charge in [0.15, 0.2) is 5.95 Å². The molecule has 0 aliphatic heterocycles. The van der Waals surface area contributed by atoms with E-state index >= 15 is 0 Å². The van der Waals surface area contributed by atoms with Crippen molar-refractivity contribution in [1.29, 1.82) is 0 Å². The number of rotatable bonds is 2. The first-order chi connectivity index (χ1) is 9.25. The fourth-order valence-corrected chi connectivity index (χ4v) is 1.97. The maximum absolute atomic E-state index is 11.8. The number of aromatic nitrogens is 2. The van der Waals surface area contributed by atoms with E-state index in [4.69, 9.17) is 16.1 Å². The van der Waals surface area contributed by atoms with Crippen molar-refractivity contribution in [2.75, 3.05) is 0 Å². The van der Waals surface area contributed by atoms with Crippen molar-refractivity contribution in [2.24, 2.45) is 0 Å². The molecule has 3 rings (SSSR count). The third-order valence-corrected chi connectivity index (χ3v) is 2.98. The largest absolute Gasteiger partial charge is 0.539 e. The molecule has 0 saturated carbocycles. The maximum atomic E-state index is 11.8. The Hall–Kier alpha value is -2.33. The molecule has 0 saturated heterocycles. The zero-order valence-electron chi connectivity index (χ0n) is 9.79. The van der Waals surface area contributed by atoms with Crippen molar-refractivity contribution in [3.05, 3.63) is 59.6 Å². The van der Waals surface area contributed by atoms with Crippen LogP contribution in [0, 0.1) is 0 Å². The van der Waals surface area contributed by atoms with Crippen LogP contribution in [0.5, 0.6) is 5.95 Å². The Kier molecular flexibility index (Phi) is 2.93. The van der Waals surface area contributed by atoms with Crippen LogP contribution < -0.4 is 9.79 Å². The summed E-state index contributed by atoms with van der Waals surface area (Å²) in [5.74, 6) is -0.480. The van der Waals surface area contributed by atoms with Crippen LogP contribution in [0.15, 0.2) is 59.1 Å². The molecule has 0 bridgehead atoms. The van der Waals surface area contributed by atoms with Crippen LogP contribution >= 0.6 is 11.6 Å². The van der Waals surface area contributed by atoms with Crippen molar-refractivity contribution >= 4 is 11.6 Å². The van der Waals surface area contributed by atoms with E-state index in [-0.39, 0.29) is 0 Å². The van der Waals surface area contributed by atoms with Crippen LogP contribution in [0.3, 0.4) is 0 Å². The van der Waals surface area contributed by atoms with Gasteiger partial charge in [-0.15, -0.1) is 0 Å². The molecular formula is C14H9ClN2O2. The second-order valence-electron chi connectivity index (χ2n) is 3.96. The number of nitrogens with zero attached hydrogens (tertiary/aromatic N) is 2. The highest BCUT2D eigenvalue weighted by Crippen LogP contribution is 2.25. The lowest BCUT2D eigenvalue weighted by Crippen LogP contribution is -2.34. The van der Waals surface area contributed by atoms with Crippen molar-refractivity contribution in [1.82, 2.24) is 5.27 Å². The molecule has 0 aliphatic rings. The maximum Gasteiger partial charge on any atom is 0.270 e. The summed E-state index contributed by atoms with van der Waals surface area (Å²) in [5, 5.41) is 16.2. The molecule has 0 N–H and O–H groups in total. The number of benzene rings is 2. The summed E-state index contributed by atoms with van der Waals surface area (Å²) in [6.45, 7) is 0. The first-order valence-corrected chi connectivity index (χ1v) is 6.04. The molecule has 3 aromatic rings. The van der Waals surface area contributed by atoms with E-state index in [1.165, 1.54) is 4.68 Å². The van der Waals surface area contributed by atoms with Crippen LogP contribution in [0.2, 0.25) is 5.02 Å². The summed E-state index contributed by atoms with van der Waals surface area (Å²) in [4.78, 5) is 0. The minimum absolute atomic E-state index is 0.378. The average molecular weight is 273 g/mol. The van der Waals surface area contributed by atoms with Crippen LogP contribution in [-0.4, -0.2) is 5.27 Å². The van der Waals surface area contributed by atoms with Gasteiger partial charge in [0.2, 0.25) is 5.69 Å². The van der Waals surface area contributed by atoms with Crippen molar-refractivity contribution < 1.29 is 14.3 Å². The minimum Gasteiger partial charge on any atom is -0.539 e. The lowest BCUT2D eigenvalue weighted by Gasteiger charge is -1.98. The van der Waals surface area contributed by atoms with Crippen molar-refractivity contribution in [2.45, 2.75) is 0 Å². The molecule has 0 spiro atoms. The molecule has 5 heteroatoms. The summed E-state index contributed by atoms with van der Waals surface area (Å²) in [5.41, 5.74) is 1.85. The van der Waals surface area contributed by atoms with Gasteiger partial charge >= 0.3 is 0 Å². The first kappa shape index (κ1) is 11.7. The lowest BCUT2D eigenvalue weighted by atomic mass is 10.1. The summed E-state index contributed by atoms with van der Waals surface area (Å²) in [6.07, 6.45) is 0. The second kappa shape index (κ2) is 4.74. The molecule has 94 valence electrons. The molecule has 1 aromatic heterocycles. The van der Waals surface area contributed by atoms with Crippen LogP contribution in [0.1, 0.15) is 0 Å². The van der Waals surface area contributed by atoms with Gasteiger partial charge in [0.25, 0.3) is 5.69 Å². The summed E-state index contributed by atoms with van der Waals surface area (Å²) in [7, 11) is 0. The SMILES string of the molecule is [O-]c1on[n+](-c2ccccc2)c1-c1ccc(Cl)cc1. The van der Waals surface area contributed by atoms with Gasteiger partial charge in [-0.3, -0.25) is 0 Å². The van der Waals surface area contributed by atoms with E-state index in [1.54, 1.807) is 24.3 Å². The Labute approximate surface area is 114 Å². The molecule has 0 unspecified atom stereocenters. The van der Waals surface area contributed by atoms with E-state index in [1.807, 2.05) is 30.3 Å². The van der Waals surface area contributed by atoms with Gasteiger partial charge in [0.05, 0.1) is 10.8 Å². The Morgan fingerprint density at radius 3 is 2.37 bits per heavy atom. The third-order valence-electron chi connectivity index (χ3n) is 2.73. The van der Waals surface area contributed by atoms with Gasteiger partial charge in [0, 0.05) is 17.2 Å². The second-order valence-corrected chi connectivity index (χ2v) is 4.40. The van der Waals surface area contributed by atoms with Gasteiger partial charge < -0.3 is 9.63 Å². The zero-order valence-corrected chi connectivity index (χ0v) is 10.5. The molecule has 4 nitrogen and oxygen atoms in total. The van der Waals surface area contributed by atoms with Gasteiger partial charge in [-0.05, 0) is 28.9 Å². The monoisotopic (exact) mass is 272 g/mol. The minimum atomic E-state index is -0.480. The Balaban J connectivity index is 2.17. The fraction of sp³-hybridized carbons (Fsp3) is 0. The molecule has 0 amide bonds. The number of hydrogen-bond acceptors (Lipinski definition) is 3. The summed E-state index contributed by atoms with van der Waals surface area (Å²) in [6, 6.07) is 16.3.